The van der Waals surface area contributed by atoms with Crippen molar-refractivity contribution < 1.29 is 14.3 Å². The van der Waals surface area contributed by atoms with Crippen molar-refractivity contribution >= 4 is 30.3 Å². The van der Waals surface area contributed by atoms with E-state index in [4.69, 9.17) is 0 Å². The van der Waals surface area contributed by atoms with Crippen molar-refractivity contribution in [1.29, 1.82) is 0 Å². The average molecular weight is 316 g/mol. The molecule has 2 N–H and O–H groups in total. The Morgan fingerprint density at radius 3 is 2.41 bits per heavy atom. The van der Waals surface area contributed by atoms with Gasteiger partial charge in [0, 0.05) is 11.4 Å². The Balaban J connectivity index is 1.89. The predicted octanol–water partition coefficient (Wildman–Crippen LogP) is 3.08. The number of methoxy groups -OCH3 is 1. The highest BCUT2D eigenvalue weighted by Gasteiger charge is 2.06. The van der Waals surface area contributed by atoms with Gasteiger partial charge in [-0.25, -0.2) is 9.59 Å². The standard InChI is InChI=1S/C16H16N2O3S/c1-21-15(19)12-8-6-11(7-9-12)10-17-16(20)18-13-4-2-3-5-14(13)22/h2-9,22H,10H2,1H3,(H2,17,18,20). The zero-order valence-corrected chi connectivity index (χ0v) is 12.9. The van der Waals surface area contributed by atoms with Crippen molar-refractivity contribution in [3.63, 3.8) is 0 Å². The molecule has 114 valence electrons. The van der Waals surface area contributed by atoms with Crippen molar-refractivity contribution in [2.45, 2.75) is 11.4 Å². The van der Waals surface area contributed by atoms with Crippen LogP contribution >= 0.6 is 12.6 Å². The largest absolute Gasteiger partial charge is 0.465 e. The van der Waals surface area contributed by atoms with Crippen LogP contribution in [0.1, 0.15) is 15.9 Å². The number of amides is 2. The molecular formula is C16H16N2O3S. The van der Waals surface area contributed by atoms with Crippen molar-refractivity contribution in [2.24, 2.45) is 0 Å². The molecule has 22 heavy (non-hydrogen) atoms. The minimum Gasteiger partial charge on any atom is -0.465 e. The van der Waals surface area contributed by atoms with E-state index in [0.717, 1.165) is 5.56 Å². The lowest BCUT2D eigenvalue weighted by atomic mass is 10.1. The summed E-state index contributed by atoms with van der Waals surface area (Å²) in [5.74, 6) is -0.386. The molecule has 0 aliphatic carbocycles. The fraction of sp³-hybridized carbons (Fsp3) is 0.125. The number of thiol groups is 1. The number of urea groups is 1. The SMILES string of the molecule is COC(=O)c1ccc(CNC(=O)Nc2ccccc2S)cc1. The molecule has 0 radical (unpaired) electrons. The van der Waals surface area contributed by atoms with Crippen LogP contribution in [0.25, 0.3) is 0 Å². The van der Waals surface area contributed by atoms with Gasteiger partial charge < -0.3 is 15.4 Å². The van der Waals surface area contributed by atoms with E-state index in [1.807, 2.05) is 12.1 Å². The zero-order valence-electron chi connectivity index (χ0n) is 12.0. The van der Waals surface area contributed by atoms with Crippen LogP contribution < -0.4 is 10.6 Å². The van der Waals surface area contributed by atoms with E-state index in [9.17, 15) is 9.59 Å². The minimum absolute atomic E-state index is 0.321. The molecule has 0 aliphatic rings. The molecule has 0 saturated heterocycles. The Labute approximate surface area is 134 Å². The summed E-state index contributed by atoms with van der Waals surface area (Å²) in [6.45, 7) is 0.349. The Kier molecular flexibility index (Phi) is 5.43. The van der Waals surface area contributed by atoms with E-state index in [0.29, 0.717) is 22.7 Å². The van der Waals surface area contributed by atoms with Gasteiger partial charge in [-0.1, -0.05) is 24.3 Å². The van der Waals surface area contributed by atoms with Gasteiger partial charge in [-0.15, -0.1) is 12.6 Å². The van der Waals surface area contributed by atoms with Crippen LogP contribution in [0.2, 0.25) is 0 Å². The molecule has 6 heteroatoms. The van der Waals surface area contributed by atoms with Crippen LogP contribution in [0.15, 0.2) is 53.4 Å². The summed E-state index contributed by atoms with van der Waals surface area (Å²) >= 11 is 4.26. The number of esters is 1. The highest BCUT2D eigenvalue weighted by atomic mass is 32.1. The summed E-state index contributed by atoms with van der Waals surface area (Å²) in [5, 5.41) is 5.46. The molecule has 0 spiro atoms. The molecule has 2 aromatic carbocycles. The third-order valence-corrected chi connectivity index (χ3v) is 3.37. The summed E-state index contributed by atoms with van der Waals surface area (Å²) in [5.41, 5.74) is 1.99. The van der Waals surface area contributed by atoms with Gasteiger partial charge in [0.15, 0.2) is 0 Å². The summed E-state index contributed by atoms with van der Waals surface area (Å²) in [7, 11) is 1.33. The average Bonchev–Trinajstić information content (AvgIpc) is 2.55. The van der Waals surface area contributed by atoms with Crippen molar-refractivity contribution in [2.75, 3.05) is 12.4 Å². The topological polar surface area (TPSA) is 67.4 Å². The number of anilines is 1. The van der Waals surface area contributed by atoms with Crippen molar-refractivity contribution in [3.8, 4) is 0 Å². The van der Waals surface area contributed by atoms with Gasteiger partial charge in [-0.3, -0.25) is 0 Å². The quantitative estimate of drug-likeness (QED) is 0.600. The molecular weight excluding hydrogens is 300 g/mol. The van der Waals surface area contributed by atoms with Gasteiger partial charge in [0.25, 0.3) is 0 Å². The molecule has 5 nitrogen and oxygen atoms in total. The summed E-state index contributed by atoms with van der Waals surface area (Å²) < 4.78 is 4.63. The second-order valence-electron chi connectivity index (χ2n) is 4.51. The molecule has 2 aromatic rings. The Morgan fingerprint density at radius 2 is 1.77 bits per heavy atom. The summed E-state index contributed by atoms with van der Waals surface area (Å²) in [4.78, 5) is 23.8. The fourth-order valence-corrected chi connectivity index (χ4v) is 2.02. The van der Waals surface area contributed by atoms with Gasteiger partial charge in [-0.05, 0) is 29.8 Å². The van der Waals surface area contributed by atoms with E-state index in [-0.39, 0.29) is 12.0 Å². The Morgan fingerprint density at radius 1 is 1.09 bits per heavy atom. The van der Waals surface area contributed by atoms with Gasteiger partial charge in [0.05, 0.1) is 18.4 Å². The Bertz CT molecular complexity index is 671. The van der Waals surface area contributed by atoms with Crippen LogP contribution in [0.4, 0.5) is 10.5 Å². The zero-order chi connectivity index (χ0) is 15.9. The first-order valence-electron chi connectivity index (χ1n) is 6.60. The molecule has 2 rings (SSSR count). The first kappa shape index (κ1) is 15.9. The lowest BCUT2D eigenvalue weighted by Crippen LogP contribution is -2.28. The van der Waals surface area contributed by atoms with Gasteiger partial charge in [-0.2, -0.15) is 0 Å². The number of ether oxygens (including phenoxy) is 1. The van der Waals surface area contributed by atoms with E-state index in [2.05, 4.69) is 28.0 Å². The monoisotopic (exact) mass is 316 g/mol. The lowest BCUT2D eigenvalue weighted by Gasteiger charge is -2.09. The summed E-state index contributed by atoms with van der Waals surface area (Å²) in [6.07, 6.45) is 0. The molecule has 0 saturated carbocycles. The van der Waals surface area contributed by atoms with Crippen LogP contribution in [0.5, 0.6) is 0 Å². The molecule has 0 unspecified atom stereocenters. The number of hydrogen-bond acceptors (Lipinski definition) is 4. The molecule has 0 atom stereocenters. The maximum atomic E-state index is 11.8. The molecule has 0 aliphatic heterocycles. The number of para-hydroxylation sites is 1. The molecule has 0 bridgehead atoms. The molecule has 0 fully saturated rings. The summed E-state index contributed by atoms with van der Waals surface area (Å²) in [6, 6.07) is 13.7. The first-order chi connectivity index (χ1) is 10.6. The minimum atomic E-state index is -0.386. The predicted molar refractivity (Wildman–Crippen MR) is 87.3 cm³/mol. The molecule has 2 amide bonds. The fourth-order valence-electron chi connectivity index (χ4n) is 1.80. The number of carbonyl (C=O) groups excluding carboxylic acids is 2. The Hall–Kier alpha value is -2.47. The number of rotatable bonds is 4. The first-order valence-corrected chi connectivity index (χ1v) is 7.05. The highest BCUT2D eigenvalue weighted by molar-refractivity contribution is 7.80. The lowest BCUT2D eigenvalue weighted by molar-refractivity contribution is 0.0600. The van der Waals surface area contributed by atoms with Crippen LogP contribution in [0, 0.1) is 0 Å². The highest BCUT2D eigenvalue weighted by Crippen LogP contribution is 2.18. The van der Waals surface area contributed by atoms with Crippen LogP contribution in [-0.2, 0) is 11.3 Å². The van der Waals surface area contributed by atoms with Crippen LogP contribution in [-0.4, -0.2) is 19.1 Å². The third-order valence-electron chi connectivity index (χ3n) is 2.98. The second kappa shape index (κ2) is 7.51. The third kappa shape index (κ3) is 4.26. The second-order valence-corrected chi connectivity index (χ2v) is 5.00. The number of benzene rings is 2. The normalized spacial score (nSPS) is 9.91. The van der Waals surface area contributed by atoms with Gasteiger partial charge >= 0.3 is 12.0 Å². The molecule has 0 heterocycles. The van der Waals surface area contributed by atoms with Gasteiger partial charge in [0.1, 0.15) is 0 Å². The van der Waals surface area contributed by atoms with E-state index in [1.54, 1.807) is 36.4 Å². The van der Waals surface area contributed by atoms with Crippen molar-refractivity contribution in [1.82, 2.24) is 5.32 Å². The van der Waals surface area contributed by atoms with Crippen LogP contribution in [0.3, 0.4) is 0 Å². The maximum absolute atomic E-state index is 11.8. The molecule has 0 aromatic heterocycles. The van der Waals surface area contributed by atoms with E-state index in [1.165, 1.54) is 7.11 Å². The maximum Gasteiger partial charge on any atom is 0.337 e. The van der Waals surface area contributed by atoms with Gasteiger partial charge in [0.2, 0.25) is 0 Å². The smallest absolute Gasteiger partial charge is 0.337 e. The number of nitrogens with one attached hydrogen (secondary N) is 2. The van der Waals surface area contributed by atoms with Crippen molar-refractivity contribution in [3.05, 3.63) is 59.7 Å². The van der Waals surface area contributed by atoms with E-state index < -0.39 is 0 Å². The number of hydrogen-bond donors (Lipinski definition) is 3. The number of carbonyl (C=O) groups is 2. The van der Waals surface area contributed by atoms with E-state index >= 15 is 0 Å².